The Balaban J connectivity index is 1.73. The molecule has 1 heterocycles. The third-order valence-electron chi connectivity index (χ3n) is 4.98. The van der Waals surface area contributed by atoms with Gasteiger partial charge in [-0.25, -0.2) is 0 Å². The minimum absolute atomic E-state index is 0.0689. The molecule has 1 aliphatic carbocycles. The molecule has 0 radical (unpaired) electrons. The van der Waals surface area contributed by atoms with Crippen LogP contribution in [0, 0.1) is 5.92 Å². The normalized spacial score (nSPS) is 21.9. The number of carbonyl (C=O) groups excluding carboxylic acids is 2. The zero-order valence-electron chi connectivity index (χ0n) is 13.5. The van der Waals surface area contributed by atoms with Gasteiger partial charge in [0, 0.05) is 35.7 Å². The number of halogens is 1. The van der Waals surface area contributed by atoms with Crippen LogP contribution in [0.25, 0.3) is 0 Å². The van der Waals surface area contributed by atoms with Gasteiger partial charge in [0.15, 0.2) is 0 Å². The molecule has 2 aliphatic rings. The summed E-state index contributed by atoms with van der Waals surface area (Å²) in [5.41, 5.74) is 0.888. The highest BCUT2D eigenvalue weighted by Crippen LogP contribution is 2.31. The summed E-state index contributed by atoms with van der Waals surface area (Å²) < 4.78 is 0.955. The van der Waals surface area contributed by atoms with Gasteiger partial charge in [-0.2, -0.15) is 0 Å². The molecular weight excluding hydrogens is 356 g/mol. The lowest BCUT2D eigenvalue weighted by atomic mass is 10.1. The fourth-order valence-corrected chi connectivity index (χ4v) is 4.18. The first kappa shape index (κ1) is 16.5. The number of hydrogen-bond donors (Lipinski definition) is 0. The number of likely N-dealkylation sites (tertiary alicyclic amines) is 1. The molecule has 4 nitrogen and oxygen atoms in total. The van der Waals surface area contributed by atoms with E-state index in [4.69, 9.17) is 0 Å². The second kappa shape index (κ2) is 7.04. The van der Waals surface area contributed by atoms with Crippen LogP contribution in [0.5, 0.6) is 0 Å². The van der Waals surface area contributed by atoms with Crippen molar-refractivity contribution in [2.24, 2.45) is 5.92 Å². The van der Waals surface area contributed by atoms with Crippen molar-refractivity contribution in [1.82, 2.24) is 4.90 Å². The highest BCUT2D eigenvalue weighted by Gasteiger charge is 2.40. The van der Waals surface area contributed by atoms with E-state index in [2.05, 4.69) is 15.9 Å². The van der Waals surface area contributed by atoms with E-state index in [1.807, 2.05) is 36.1 Å². The van der Waals surface area contributed by atoms with Crippen molar-refractivity contribution in [2.45, 2.75) is 45.1 Å². The van der Waals surface area contributed by atoms with Crippen LogP contribution >= 0.6 is 15.9 Å². The Bertz CT molecular complexity index is 598. The first-order valence-electron chi connectivity index (χ1n) is 8.46. The largest absolute Gasteiger partial charge is 0.339 e. The second-order valence-corrected chi connectivity index (χ2v) is 7.36. The molecule has 3 rings (SSSR count). The van der Waals surface area contributed by atoms with E-state index in [9.17, 15) is 9.59 Å². The van der Waals surface area contributed by atoms with Crippen LogP contribution in [0.4, 0.5) is 5.69 Å². The lowest BCUT2D eigenvalue weighted by Gasteiger charge is -2.26. The van der Waals surface area contributed by atoms with Gasteiger partial charge in [-0.15, -0.1) is 0 Å². The molecule has 0 bridgehead atoms. The monoisotopic (exact) mass is 378 g/mol. The van der Waals surface area contributed by atoms with Crippen molar-refractivity contribution in [3.05, 3.63) is 28.7 Å². The summed E-state index contributed by atoms with van der Waals surface area (Å²) in [6.07, 6.45) is 4.95. The van der Waals surface area contributed by atoms with Crippen LogP contribution in [0.3, 0.4) is 0 Å². The van der Waals surface area contributed by atoms with Crippen LogP contribution in [-0.4, -0.2) is 35.8 Å². The first-order chi connectivity index (χ1) is 11.1. The number of nitrogens with zero attached hydrogens (tertiary/aromatic N) is 2. The molecule has 0 N–H and O–H groups in total. The summed E-state index contributed by atoms with van der Waals surface area (Å²) in [5.74, 6) is 0.0158. The van der Waals surface area contributed by atoms with Crippen LogP contribution in [0.15, 0.2) is 28.7 Å². The Morgan fingerprint density at radius 1 is 1.35 bits per heavy atom. The summed E-state index contributed by atoms with van der Waals surface area (Å²) in [5, 5.41) is 0. The molecule has 1 saturated heterocycles. The van der Waals surface area contributed by atoms with Gasteiger partial charge >= 0.3 is 0 Å². The van der Waals surface area contributed by atoms with Crippen molar-refractivity contribution in [3.8, 4) is 0 Å². The molecule has 0 unspecified atom stereocenters. The predicted octanol–water partition coefficient (Wildman–Crippen LogP) is 3.59. The topological polar surface area (TPSA) is 40.6 Å². The van der Waals surface area contributed by atoms with Gasteiger partial charge in [0.1, 0.15) is 0 Å². The van der Waals surface area contributed by atoms with E-state index in [0.717, 1.165) is 23.0 Å². The molecule has 0 aromatic heterocycles. The third kappa shape index (κ3) is 3.44. The molecule has 2 fully saturated rings. The average molecular weight is 379 g/mol. The zero-order chi connectivity index (χ0) is 16.4. The number of anilines is 1. The third-order valence-corrected chi connectivity index (χ3v) is 5.47. The average Bonchev–Trinajstić information content (AvgIpc) is 3.17. The summed E-state index contributed by atoms with van der Waals surface area (Å²) in [7, 11) is 0. The van der Waals surface area contributed by atoms with E-state index < -0.39 is 0 Å². The highest BCUT2D eigenvalue weighted by atomic mass is 79.9. The molecule has 1 aromatic carbocycles. The number of benzene rings is 1. The summed E-state index contributed by atoms with van der Waals surface area (Å²) in [6, 6.07) is 8.13. The van der Waals surface area contributed by atoms with E-state index in [1.165, 1.54) is 12.8 Å². The van der Waals surface area contributed by atoms with E-state index in [0.29, 0.717) is 25.6 Å². The van der Waals surface area contributed by atoms with Crippen LogP contribution in [-0.2, 0) is 9.59 Å². The van der Waals surface area contributed by atoms with Gasteiger partial charge in [0.25, 0.3) is 0 Å². The summed E-state index contributed by atoms with van der Waals surface area (Å²) in [6.45, 7) is 3.18. The lowest BCUT2D eigenvalue weighted by Crippen LogP contribution is -2.39. The van der Waals surface area contributed by atoms with Gasteiger partial charge in [0.05, 0.1) is 5.92 Å². The fraction of sp³-hybridized carbons (Fsp3) is 0.556. The fourth-order valence-electron chi connectivity index (χ4n) is 3.80. The molecule has 1 aliphatic heterocycles. The van der Waals surface area contributed by atoms with Crippen molar-refractivity contribution >= 4 is 33.4 Å². The quantitative estimate of drug-likeness (QED) is 0.802. The minimum Gasteiger partial charge on any atom is -0.339 e. The molecule has 124 valence electrons. The smallest absolute Gasteiger partial charge is 0.232 e. The van der Waals surface area contributed by atoms with Crippen molar-refractivity contribution in [1.29, 1.82) is 0 Å². The summed E-state index contributed by atoms with van der Waals surface area (Å²) >= 11 is 3.46. The van der Waals surface area contributed by atoms with Crippen molar-refractivity contribution < 1.29 is 9.59 Å². The standard InChI is InChI=1S/C18H23BrN2O2/c1-2-20(16-9-5-6-14(19)11-16)18(23)13-10-17(22)21(12-13)15-7-3-4-8-15/h5-6,9,11,13,15H,2-4,7-8,10,12H2,1H3/t13-/m1/s1. The van der Waals surface area contributed by atoms with Crippen LogP contribution in [0.1, 0.15) is 39.0 Å². The molecule has 0 spiro atoms. The predicted molar refractivity (Wildman–Crippen MR) is 94.2 cm³/mol. The SMILES string of the molecule is CCN(C(=O)[C@@H]1CC(=O)N(C2CCCC2)C1)c1cccc(Br)c1. The zero-order valence-corrected chi connectivity index (χ0v) is 15.1. The van der Waals surface area contributed by atoms with Gasteiger partial charge in [-0.05, 0) is 38.0 Å². The van der Waals surface area contributed by atoms with Gasteiger partial charge in [0.2, 0.25) is 11.8 Å². The molecule has 2 amide bonds. The summed E-state index contributed by atoms with van der Waals surface area (Å²) in [4.78, 5) is 29.0. The maximum atomic E-state index is 12.9. The maximum absolute atomic E-state index is 12.9. The van der Waals surface area contributed by atoms with E-state index in [-0.39, 0.29) is 17.7 Å². The Hall–Kier alpha value is -1.36. The Labute approximate surface area is 146 Å². The van der Waals surface area contributed by atoms with Crippen molar-refractivity contribution in [3.63, 3.8) is 0 Å². The number of carbonyl (C=O) groups is 2. The van der Waals surface area contributed by atoms with Crippen LogP contribution < -0.4 is 4.90 Å². The first-order valence-corrected chi connectivity index (χ1v) is 9.26. The second-order valence-electron chi connectivity index (χ2n) is 6.45. The number of hydrogen-bond acceptors (Lipinski definition) is 2. The highest BCUT2D eigenvalue weighted by molar-refractivity contribution is 9.10. The minimum atomic E-state index is -0.206. The van der Waals surface area contributed by atoms with Gasteiger partial charge in [-0.3, -0.25) is 9.59 Å². The van der Waals surface area contributed by atoms with Crippen LogP contribution in [0.2, 0.25) is 0 Å². The lowest BCUT2D eigenvalue weighted by molar-refractivity contribution is -0.130. The van der Waals surface area contributed by atoms with Gasteiger partial charge < -0.3 is 9.80 Å². The Morgan fingerprint density at radius 2 is 2.09 bits per heavy atom. The molecule has 5 heteroatoms. The molecule has 23 heavy (non-hydrogen) atoms. The van der Waals surface area contributed by atoms with Crippen molar-refractivity contribution in [2.75, 3.05) is 18.0 Å². The maximum Gasteiger partial charge on any atom is 0.232 e. The molecular formula is C18H23BrN2O2. The molecule has 1 atom stereocenters. The van der Waals surface area contributed by atoms with Gasteiger partial charge in [-0.1, -0.05) is 34.8 Å². The molecule has 1 saturated carbocycles. The number of amides is 2. The molecule has 1 aromatic rings. The van der Waals surface area contributed by atoms with E-state index >= 15 is 0 Å². The Morgan fingerprint density at radius 3 is 2.74 bits per heavy atom. The number of rotatable bonds is 4. The Kier molecular flexibility index (Phi) is 5.05. The van der Waals surface area contributed by atoms with E-state index in [1.54, 1.807) is 4.90 Å².